The Balaban J connectivity index is 2.69. The van der Waals surface area contributed by atoms with Gasteiger partial charge in [-0.25, -0.2) is 0 Å². The summed E-state index contributed by atoms with van der Waals surface area (Å²) >= 11 is 12.0. The lowest BCUT2D eigenvalue weighted by molar-refractivity contribution is 0.275. The summed E-state index contributed by atoms with van der Waals surface area (Å²) < 4.78 is 0. The Morgan fingerprint density at radius 3 is 2.29 bits per heavy atom. The second-order valence-corrected chi connectivity index (χ2v) is 5.50. The predicted octanol–water partition coefficient (Wildman–Crippen LogP) is 4.05. The average molecular weight is 275 g/mol. The Labute approximate surface area is 114 Å². The van der Waals surface area contributed by atoms with Crippen LogP contribution in [0.4, 0.5) is 5.69 Å². The van der Waals surface area contributed by atoms with Gasteiger partial charge >= 0.3 is 0 Å². The summed E-state index contributed by atoms with van der Waals surface area (Å²) in [4.78, 5) is 2.27. The van der Waals surface area contributed by atoms with Crippen LogP contribution in [0, 0.1) is 5.92 Å². The van der Waals surface area contributed by atoms with Crippen LogP contribution in [-0.2, 0) is 6.54 Å². The van der Waals surface area contributed by atoms with E-state index in [2.05, 4.69) is 25.8 Å². The van der Waals surface area contributed by atoms with Crippen LogP contribution in [0.1, 0.15) is 25.8 Å². The molecule has 4 heteroatoms. The minimum absolute atomic E-state index is 0.460. The van der Waals surface area contributed by atoms with Crippen LogP contribution >= 0.6 is 23.2 Å². The second kappa shape index (κ2) is 6.48. The number of hydrogen-bond donors (Lipinski definition) is 1. The maximum Gasteiger partial charge on any atom is 0.0693 e. The summed E-state index contributed by atoms with van der Waals surface area (Å²) in [6, 6.07) is 3.77. The molecule has 0 saturated carbocycles. The molecule has 0 aromatic heterocycles. The number of nitrogens with two attached hydrogens (primary N) is 1. The van der Waals surface area contributed by atoms with Crippen molar-refractivity contribution in [3.63, 3.8) is 0 Å². The molecular weight excluding hydrogens is 255 g/mol. The molecule has 1 unspecified atom stereocenters. The van der Waals surface area contributed by atoms with Gasteiger partial charge in [-0.15, -0.1) is 0 Å². The summed E-state index contributed by atoms with van der Waals surface area (Å²) in [6.07, 6.45) is 1.19. The topological polar surface area (TPSA) is 29.3 Å². The van der Waals surface area contributed by atoms with Gasteiger partial charge in [0.2, 0.25) is 0 Å². The normalized spacial score (nSPS) is 13.1. The molecule has 0 aliphatic carbocycles. The predicted molar refractivity (Wildman–Crippen MR) is 76.7 cm³/mol. The van der Waals surface area contributed by atoms with Crippen molar-refractivity contribution < 1.29 is 0 Å². The van der Waals surface area contributed by atoms with Crippen LogP contribution in [0.2, 0.25) is 10.0 Å². The highest BCUT2D eigenvalue weighted by Gasteiger charge is 2.08. The molecule has 17 heavy (non-hydrogen) atoms. The van der Waals surface area contributed by atoms with Crippen molar-refractivity contribution in [2.45, 2.75) is 26.8 Å². The van der Waals surface area contributed by atoms with Gasteiger partial charge in [0.1, 0.15) is 0 Å². The summed E-state index contributed by atoms with van der Waals surface area (Å²) in [5.74, 6) is 0.694. The standard InChI is InChI=1S/C13H20Cl2N2/c1-4-9(2)7-17(3)8-10-5-11(14)13(16)12(15)6-10/h5-6,9H,4,7-8,16H2,1-3H3. The molecule has 0 bridgehead atoms. The molecule has 96 valence electrons. The van der Waals surface area contributed by atoms with Crippen LogP contribution in [0.15, 0.2) is 12.1 Å². The average Bonchev–Trinajstić information content (AvgIpc) is 2.25. The van der Waals surface area contributed by atoms with E-state index >= 15 is 0 Å². The quantitative estimate of drug-likeness (QED) is 0.821. The van der Waals surface area contributed by atoms with Gasteiger partial charge in [0.15, 0.2) is 0 Å². The van der Waals surface area contributed by atoms with Crippen LogP contribution in [0.5, 0.6) is 0 Å². The first-order valence-electron chi connectivity index (χ1n) is 5.86. The fraction of sp³-hybridized carbons (Fsp3) is 0.538. The van der Waals surface area contributed by atoms with Crippen molar-refractivity contribution in [1.29, 1.82) is 0 Å². The van der Waals surface area contributed by atoms with Gasteiger partial charge in [0, 0.05) is 13.1 Å². The number of hydrogen-bond acceptors (Lipinski definition) is 2. The maximum atomic E-state index is 6.01. The van der Waals surface area contributed by atoms with E-state index in [0.717, 1.165) is 18.7 Å². The van der Waals surface area contributed by atoms with Crippen LogP contribution in [0.3, 0.4) is 0 Å². The van der Waals surface area contributed by atoms with E-state index in [0.29, 0.717) is 21.7 Å². The number of rotatable bonds is 5. The number of benzene rings is 1. The lowest BCUT2D eigenvalue weighted by Gasteiger charge is -2.20. The number of nitrogens with zero attached hydrogens (tertiary/aromatic N) is 1. The molecule has 2 nitrogen and oxygen atoms in total. The highest BCUT2D eigenvalue weighted by atomic mass is 35.5. The highest BCUT2D eigenvalue weighted by Crippen LogP contribution is 2.29. The minimum atomic E-state index is 0.460. The molecule has 1 aromatic carbocycles. The van der Waals surface area contributed by atoms with Crippen molar-refractivity contribution in [1.82, 2.24) is 4.90 Å². The minimum Gasteiger partial charge on any atom is -0.396 e. The van der Waals surface area contributed by atoms with E-state index in [9.17, 15) is 0 Å². The molecule has 0 fully saturated rings. The SMILES string of the molecule is CCC(C)CN(C)Cc1cc(Cl)c(N)c(Cl)c1. The fourth-order valence-corrected chi connectivity index (χ4v) is 2.30. The van der Waals surface area contributed by atoms with Crippen LogP contribution in [0.25, 0.3) is 0 Å². The largest absolute Gasteiger partial charge is 0.396 e. The molecule has 1 rings (SSSR count). The van der Waals surface area contributed by atoms with Crippen molar-refractivity contribution in [3.8, 4) is 0 Å². The summed E-state index contributed by atoms with van der Waals surface area (Å²) in [5, 5.41) is 1.06. The van der Waals surface area contributed by atoms with Gasteiger partial charge in [-0.05, 0) is 30.7 Å². The number of anilines is 1. The van der Waals surface area contributed by atoms with Gasteiger partial charge in [-0.2, -0.15) is 0 Å². The van der Waals surface area contributed by atoms with E-state index in [1.54, 1.807) is 0 Å². The fourth-order valence-electron chi connectivity index (χ4n) is 1.77. The van der Waals surface area contributed by atoms with E-state index in [1.807, 2.05) is 12.1 Å². The van der Waals surface area contributed by atoms with Crippen molar-refractivity contribution >= 4 is 28.9 Å². The van der Waals surface area contributed by atoms with E-state index < -0.39 is 0 Å². The van der Waals surface area contributed by atoms with Gasteiger partial charge in [0.05, 0.1) is 15.7 Å². The third kappa shape index (κ3) is 4.38. The Bertz CT molecular complexity index is 357. The van der Waals surface area contributed by atoms with Gasteiger partial charge in [-0.1, -0.05) is 43.5 Å². The second-order valence-electron chi connectivity index (χ2n) is 4.68. The first-order valence-corrected chi connectivity index (χ1v) is 6.61. The van der Waals surface area contributed by atoms with Gasteiger partial charge < -0.3 is 10.6 Å². The number of halogens is 2. The summed E-state index contributed by atoms with van der Waals surface area (Å²) in [6.45, 7) is 6.36. The molecule has 0 heterocycles. The third-order valence-corrected chi connectivity index (χ3v) is 3.54. The highest BCUT2D eigenvalue weighted by molar-refractivity contribution is 6.38. The zero-order valence-electron chi connectivity index (χ0n) is 10.6. The van der Waals surface area contributed by atoms with Crippen molar-refractivity contribution in [2.75, 3.05) is 19.3 Å². The first-order chi connectivity index (χ1) is 7.93. The third-order valence-electron chi connectivity index (χ3n) is 2.91. The first kappa shape index (κ1) is 14.6. The number of nitrogen functional groups attached to an aromatic ring is 1. The summed E-state index contributed by atoms with van der Waals surface area (Å²) in [5.41, 5.74) is 7.26. The van der Waals surface area contributed by atoms with Crippen LogP contribution < -0.4 is 5.73 Å². The zero-order chi connectivity index (χ0) is 13.0. The Hall–Kier alpha value is -0.440. The molecule has 1 atom stereocenters. The molecular formula is C13H20Cl2N2. The molecule has 0 aliphatic rings. The maximum absolute atomic E-state index is 6.01. The molecule has 0 amide bonds. The molecule has 0 aliphatic heterocycles. The molecule has 0 saturated heterocycles. The molecule has 1 aromatic rings. The Kier molecular flexibility index (Phi) is 5.57. The summed E-state index contributed by atoms with van der Waals surface area (Å²) in [7, 11) is 2.10. The van der Waals surface area contributed by atoms with E-state index in [4.69, 9.17) is 28.9 Å². The van der Waals surface area contributed by atoms with Gasteiger partial charge in [-0.3, -0.25) is 0 Å². The smallest absolute Gasteiger partial charge is 0.0693 e. The molecule has 2 N–H and O–H groups in total. The monoisotopic (exact) mass is 274 g/mol. The Morgan fingerprint density at radius 2 is 1.82 bits per heavy atom. The van der Waals surface area contributed by atoms with Crippen molar-refractivity contribution in [3.05, 3.63) is 27.7 Å². The van der Waals surface area contributed by atoms with Gasteiger partial charge in [0.25, 0.3) is 0 Å². The van der Waals surface area contributed by atoms with Crippen LogP contribution in [-0.4, -0.2) is 18.5 Å². The lowest BCUT2D eigenvalue weighted by Crippen LogP contribution is -2.23. The Morgan fingerprint density at radius 1 is 1.29 bits per heavy atom. The van der Waals surface area contributed by atoms with Crippen molar-refractivity contribution in [2.24, 2.45) is 5.92 Å². The lowest BCUT2D eigenvalue weighted by atomic mass is 10.1. The zero-order valence-corrected chi connectivity index (χ0v) is 12.1. The molecule has 0 radical (unpaired) electrons. The van der Waals surface area contributed by atoms with E-state index in [-0.39, 0.29) is 0 Å². The van der Waals surface area contributed by atoms with E-state index in [1.165, 1.54) is 6.42 Å². The molecule has 0 spiro atoms.